The molecule has 0 aliphatic carbocycles. The summed E-state index contributed by atoms with van der Waals surface area (Å²) in [5, 5.41) is 3.36. The zero-order valence-electron chi connectivity index (χ0n) is 8.22. The van der Waals surface area contributed by atoms with E-state index in [2.05, 4.69) is 9.97 Å². The van der Waals surface area contributed by atoms with Gasteiger partial charge in [0.25, 0.3) is 0 Å². The average Bonchev–Trinajstić information content (AvgIpc) is 2.81. The van der Waals surface area contributed by atoms with Crippen LogP contribution in [0, 0.1) is 0 Å². The monoisotopic (exact) mass is 246 g/mol. The van der Waals surface area contributed by atoms with Gasteiger partial charge >= 0.3 is 0 Å². The van der Waals surface area contributed by atoms with Crippen LogP contribution in [0.15, 0.2) is 41.8 Å². The lowest BCUT2D eigenvalue weighted by Crippen LogP contribution is -1.89. The van der Waals surface area contributed by atoms with Crippen LogP contribution in [-0.2, 0) is 0 Å². The molecule has 2 nitrogen and oxygen atoms in total. The number of benzene rings is 1. The summed E-state index contributed by atoms with van der Waals surface area (Å²) in [4.78, 5) is 9.63. The van der Waals surface area contributed by atoms with E-state index in [1.165, 1.54) is 0 Å². The van der Waals surface area contributed by atoms with E-state index in [0.29, 0.717) is 5.28 Å². The van der Waals surface area contributed by atoms with Gasteiger partial charge in [0.05, 0.1) is 16.1 Å². The zero-order chi connectivity index (χ0) is 11.0. The Labute approximate surface area is 102 Å². The molecule has 2 aromatic heterocycles. The van der Waals surface area contributed by atoms with Gasteiger partial charge in [0.2, 0.25) is 5.28 Å². The fourth-order valence-corrected chi connectivity index (χ4v) is 2.55. The third-order valence-electron chi connectivity index (χ3n) is 2.33. The van der Waals surface area contributed by atoms with Crippen molar-refractivity contribution < 1.29 is 0 Å². The molecular weight excluding hydrogens is 240 g/mol. The van der Waals surface area contributed by atoms with Crippen LogP contribution in [0.2, 0.25) is 5.28 Å². The fraction of sp³-hybridized carbons (Fsp3) is 0. The van der Waals surface area contributed by atoms with Crippen molar-refractivity contribution in [2.45, 2.75) is 0 Å². The molecule has 78 valence electrons. The van der Waals surface area contributed by atoms with Gasteiger partial charge in [-0.25, -0.2) is 9.97 Å². The normalized spacial score (nSPS) is 10.8. The standard InChI is InChI=1S/C12H7ClN2S/c13-12-14-9-5-2-1-4-8(9)11(15-12)10-6-3-7-16-10/h1-7H. The average molecular weight is 247 g/mol. The van der Waals surface area contributed by atoms with Crippen molar-refractivity contribution in [2.24, 2.45) is 0 Å². The molecule has 4 heteroatoms. The number of fused-ring (bicyclic) bond motifs is 1. The first-order chi connectivity index (χ1) is 7.84. The van der Waals surface area contributed by atoms with Crippen LogP contribution in [0.4, 0.5) is 0 Å². The molecule has 3 aromatic rings. The van der Waals surface area contributed by atoms with E-state index in [1.807, 2.05) is 41.8 Å². The number of thiophene rings is 1. The molecule has 0 fully saturated rings. The maximum atomic E-state index is 5.92. The highest BCUT2D eigenvalue weighted by Gasteiger charge is 2.08. The lowest BCUT2D eigenvalue weighted by Gasteiger charge is -2.03. The molecule has 0 spiro atoms. The van der Waals surface area contributed by atoms with Gasteiger partial charge in [0, 0.05) is 5.39 Å². The predicted molar refractivity (Wildman–Crippen MR) is 67.9 cm³/mol. The van der Waals surface area contributed by atoms with Crippen molar-refractivity contribution in [2.75, 3.05) is 0 Å². The number of halogens is 1. The summed E-state index contributed by atoms with van der Waals surface area (Å²) in [7, 11) is 0. The molecule has 3 rings (SSSR count). The minimum atomic E-state index is 0.294. The van der Waals surface area contributed by atoms with Gasteiger partial charge in [-0.05, 0) is 29.1 Å². The highest BCUT2D eigenvalue weighted by Crippen LogP contribution is 2.30. The number of hydrogen-bond donors (Lipinski definition) is 0. The third kappa shape index (κ3) is 1.58. The van der Waals surface area contributed by atoms with Gasteiger partial charge in [0.15, 0.2) is 0 Å². The predicted octanol–water partition coefficient (Wildman–Crippen LogP) is 4.01. The van der Waals surface area contributed by atoms with Gasteiger partial charge in [-0.2, -0.15) is 0 Å². The molecule has 0 amide bonds. The summed E-state index contributed by atoms with van der Waals surface area (Å²) in [5.74, 6) is 0. The molecule has 0 unspecified atom stereocenters. The zero-order valence-corrected chi connectivity index (χ0v) is 9.79. The SMILES string of the molecule is Clc1nc(-c2cccs2)c2ccccc2n1. The molecule has 0 aliphatic rings. The van der Waals surface area contributed by atoms with Gasteiger partial charge in [-0.15, -0.1) is 11.3 Å². The molecule has 0 saturated carbocycles. The van der Waals surface area contributed by atoms with Crippen LogP contribution < -0.4 is 0 Å². The largest absolute Gasteiger partial charge is 0.223 e. The molecule has 0 radical (unpaired) electrons. The van der Waals surface area contributed by atoms with Crippen LogP contribution in [0.25, 0.3) is 21.5 Å². The second-order valence-electron chi connectivity index (χ2n) is 3.34. The minimum Gasteiger partial charge on any atom is -0.218 e. The van der Waals surface area contributed by atoms with Crippen molar-refractivity contribution in [3.8, 4) is 10.6 Å². The lowest BCUT2D eigenvalue weighted by atomic mass is 10.1. The number of aromatic nitrogens is 2. The van der Waals surface area contributed by atoms with Gasteiger partial charge in [-0.3, -0.25) is 0 Å². The third-order valence-corrected chi connectivity index (χ3v) is 3.38. The number of nitrogens with zero attached hydrogens (tertiary/aromatic N) is 2. The Kier molecular flexibility index (Phi) is 2.35. The second-order valence-corrected chi connectivity index (χ2v) is 4.62. The van der Waals surface area contributed by atoms with Crippen molar-refractivity contribution in [3.05, 3.63) is 47.1 Å². The Morgan fingerprint density at radius 1 is 1.00 bits per heavy atom. The van der Waals surface area contributed by atoms with Crippen molar-refractivity contribution in [1.82, 2.24) is 9.97 Å². The maximum Gasteiger partial charge on any atom is 0.223 e. The van der Waals surface area contributed by atoms with E-state index in [-0.39, 0.29) is 0 Å². The molecule has 0 atom stereocenters. The van der Waals surface area contributed by atoms with Crippen LogP contribution in [0.3, 0.4) is 0 Å². The summed E-state index contributed by atoms with van der Waals surface area (Å²) in [5.41, 5.74) is 1.79. The molecule has 0 aliphatic heterocycles. The number of hydrogen-bond acceptors (Lipinski definition) is 3. The Morgan fingerprint density at radius 3 is 2.69 bits per heavy atom. The molecule has 16 heavy (non-hydrogen) atoms. The summed E-state index contributed by atoms with van der Waals surface area (Å²) >= 11 is 7.57. The van der Waals surface area contributed by atoms with Crippen molar-refractivity contribution in [3.63, 3.8) is 0 Å². The highest BCUT2D eigenvalue weighted by atomic mass is 35.5. The number of rotatable bonds is 1. The Bertz CT molecular complexity index is 635. The fourth-order valence-electron chi connectivity index (χ4n) is 1.65. The molecule has 1 aromatic carbocycles. The highest BCUT2D eigenvalue weighted by molar-refractivity contribution is 7.13. The van der Waals surface area contributed by atoms with Gasteiger partial charge < -0.3 is 0 Å². The summed E-state index contributed by atoms with van der Waals surface area (Å²) in [6, 6.07) is 11.9. The Morgan fingerprint density at radius 2 is 1.88 bits per heavy atom. The Hall–Kier alpha value is -1.45. The van der Waals surface area contributed by atoms with Gasteiger partial charge in [0.1, 0.15) is 0 Å². The minimum absolute atomic E-state index is 0.294. The quantitative estimate of drug-likeness (QED) is 0.607. The van der Waals surface area contributed by atoms with Crippen molar-refractivity contribution >= 4 is 33.8 Å². The second kappa shape index (κ2) is 3.85. The van der Waals surface area contributed by atoms with Crippen LogP contribution in [-0.4, -0.2) is 9.97 Å². The molecule has 0 saturated heterocycles. The van der Waals surface area contributed by atoms with E-state index in [1.54, 1.807) is 11.3 Å². The van der Waals surface area contributed by atoms with Crippen molar-refractivity contribution in [1.29, 1.82) is 0 Å². The summed E-state index contributed by atoms with van der Waals surface area (Å²) in [6.07, 6.45) is 0. The number of para-hydroxylation sites is 1. The molecular formula is C12H7ClN2S. The van der Waals surface area contributed by atoms with Crippen LogP contribution in [0.5, 0.6) is 0 Å². The summed E-state index contributed by atoms with van der Waals surface area (Å²) in [6.45, 7) is 0. The van der Waals surface area contributed by atoms with Crippen LogP contribution in [0.1, 0.15) is 0 Å². The molecule has 0 bridgehead atoms. The lowest BCUT2D eigenvalue weighted by molar-refractivity contribution is 1.23. The maximum absolute atomic E-state index is 5.92. The smallest absolute Gasteiger partial charge is 0.218 e. The van der Waals surface area contributed by atoms with E-state index in [4.69, 9.17) is 11.6 Å². The van der Waals surface area contributed by atoms with E-state index in [9.17, 15) is 0 Å². The molecule has 0 N–H and O–H groups in total. The van der Waals surface area contributed by atoms with E-state index in [0.717, 1.165) is 21.5 Å². The van der Waals surface area contributed by atoms with E-state index >= 15 is 0 Å². The summed E-state index contributed by atoms with van der Waals surface area (Å²) < 4.78 is 0. The first kappa shape index (κ1) is 9.75. The van der Waals surface area contributed by atoms with Crippen LogP contribution >= 0.6 is 22.9 Å². The molecule has 2 heterocycles. The van der Waals surface area contributed by atoms with E-state index < -0.39 is 0 Å². The van der Waals surface area contributed by atoms with Gasteiger partial charge in [-0.1, -0.05) is 24.3 Å². The Balaban J connectivity index is 2.39. The first-order valence-electron chi connectivity index (χ1n) is 4.81. The topological polar surface area (TPSA) is 25.8 Å². The first-order valence-corrected chi connectivity index (χ1v) is 6.06.